The summed E-state index contributed by atoms with van der Waals surface area (Å²) in [5.74, 6) is 1.68. The van der Waals surface area contributed by atoms with Crippen molar-refractivity contribution in [3.05, 3.63) is 53.9 Å². The van der Waals surface area contributed by atoms with Gasteiger partial charge in [0.1, 0.15) is 5.75 Å². The summed E-state index contributed by atoms with van der Waals surface area (Å²) in [5.41, 5.74) is 8.32. The van der Waals surface area contributed by atoms with Crippen LogP contribution >= 0.6 is 0 Å². The number of rotatable bonds is 6. The van der Waals surface area contributed by atoms with E-state index >= 15 is 0 Å². The molecule has 19 heavy (non-hydrogen) atoms. The molecule has 102 valence electrons. The Morgan fingerprint density at radius 3 is 2.37 bits per heavy atom. The van der Waals surface area contributed by atoms with Crippen LogP contribution in [0, 0.1) is 0 Å². The minimum Gasteiger partial charge on any atom is -0.493 e. The molecule has 0 fully saturated rings. The third-order valence-electron chi connectivity index (χ3n) is 3.38. The van der Waals surface area contributed by atoms with Gasteiger partial charge in [0.25, 0.3) is 0 Å². The fraction of sp³-hybridized carbons (Fsp3) is 0.375. The zero-order chi connectivity index (χ0) is 13.7. The summed E-state index contributed by atoms with van der Waals surface area (Å²) in [4.78, 5) is 3.05. The van der Waals surface area contributed by atoms with Crippen LogP contribution in [0.1, 0.15) is 36.8 Å². The Kier molecular flexibility index (Phi) is 4.63. The molecule has 0 saturated heterocycles. The number of aromatic amines is 1. The van der Waals surface area contributed by atoms with Crippen LogP contribution in [0.15, 0.2) is 42.7 Å². The molecule has 2 aromatic rings. The lowest BCUT2D eigenvalue weighted by Gasteiger charge is -2.15. The summed E-state index contributed by atoms with van der Waals surface area (Å²) in [5, 5.41) is 0. The number of benzene rings is 1. The van der Waals surface area contributed by atoms with Gasteiger partial charge in [-0.15, -0.1) is 0 Å². The molecule has 1 unspecified atom stereocenters. The summed E-state index contributed by atoms with van der Waals surface area (Å²) < 4.78 is 5.82. The second-order valence-corrected chi connectivity index (χ2v) is 5.11. The second kappa shape index (κ2) is 6.43. The SMILES string of the molecule is CC(C)c1ccc(OCC(CN)c2cc[nH]c2)cc1. The van der Waals surface area contributed by atoms with Gasteiger partial charge in [0, 0.05) is 24.9 Å². The zero-order valence-electron chi connectivity index (χ0n) is 11.6. The third-order valence-corrected chi connectivity index (χ3v) is 3.38. The van der Waals surface area contributed by atoms with E-state index in [9.17, 15) is 0 Å². The van der Waals surface area contributed by atoms with Crippen LogP contribution in [-0.4, -0.2) is 18.1 Å². The van der Waals surface area contributed by atoms with E-state index in [1.54, 1.807) is 0 Å². The first-order valence-electron chi connectivity index (χ1n) is 6.76. The summed E-state index contributed by atoms with van der Waals surface area (Å²) in [7, 11) is 0. The van der Waals surface area contributed by atoms with Gasteiger partial charge < -0.3 is 15.5 Å². The molecule has 0 aliphatic rings. The molecule has 1 aromatic carbocycles. The van der Waals surface area contributed by atoms with Crippen molar-refractivity contribution < 1.29 is 4.74 Å². The fourth-order valence-electron chi connectivity index (χ4n) is 2.04. The highest BCUT2D eigenvalue weighted by Gasteiger charge is 2.11. The molecule has 0 aliphatic heterocycles. The Balaban J connectivity index is 1.94. The first kappa shape index (κ1) is 13.7. The maximum atomic E-state index is 5.82. The van der Waals surface area contributed by atoms with Crippen LogP contribution in [0.2, 0.25) is 0 Å². The maximum absolute atomic E-state index is 5.82. The average molecular weight is 258 g/mol. The standard InChI is InChI=1S/C16H22N2O/c1-12(2)13-3-5-16(6-4-13)19-11-15(9-17)14-7-8-18-10-14/h3-8,10,12,15,18H,9,11,17H2,1-2H3. The third kappa shape index (κ3) is 3.61. The van der Waals surface area contributed by atoms with Gasteiger partial charge in [0.2, 0.25) is 0 Å². The van der Waals surface area contributed by atoms with E-state index in [1.165, 1.54) is 11.1 Å². The van der Waals surface area contributed by atoms with Crippen LogP contribution in [0.3, 0.4) is 0 Å². The molecule has 1 aromatic heterocycles. The molecular formula is C16H22N2O. The molecular weight excluding hydrogens is 236 g/mol. The molecule has 0 saturated carbocycles. The van der Waals surface area contributed by atoms with Crippen molar-refractivity contribution in [3.8, 4) is 5.75 Å². The molecule has 1 atom stereocenters. The first-order chi connectivity index (χ1) is 9.20. The van der Waals surface area contributed by atoms with E-state index in [0.717, 1.165) is 5.75 Å². The smallest absolute Gasteiger partial charge is 0.119 e. The molecule has 0 radical (unpaired) electrons. The van der Waals surface area contributed by atoms with Crippen molar-refractivity contribution in [2.75, 3.05) is 13.2 Å². The second-order valence-electron chi connectivity index (χ2n) is 5.11. The summed E-state index contributed by atoms with van der Waals surface area (Å²) in [6, 6.07) is 10.3. The van der Waals surface area contributed by atoms with Crippen molar-refractivity contribution in [1.82, 2.24) is 4.98 Å². The molecule has 0 amide bonds. The van der Waals surface area contributed by atoms with E-state index < -0.39 is 0 Å². The van der Waals surface area contributed by atoms with Crippen molar-refractivity contribution >= 4 is 0 Å². The Morgan fingerprint density at radius 1 is 1.11 bits per heavy atom. The minimum atomic E-state index is 0.232. The van der Waals surface area contributed by atoms with Gasteiger partial charge in [0.05, 0.1) is 6.61 Å². The van der Waals surface area contributed by atoms with Gasteiger partial charge in [-0.05, 0) is 35.2 Å². The molecule has 0 bridgehead atoms. The number of nitrogens with two attached hydrogens (primary N) is 1. The number of hydrogen-bond acceptors (Lipinski definition) is 2. The Bertz CT molecular complexity index is 474. The lowest BCUT2D eigenvalue weighted by Crippen LogP contribution is -2.19. The zero-order valence-corrected chi connectivity index (χ0v) is 11.6. The monoisotopic (exact) mass is 258 g/mol. The number of H-pyrrole nitrogens is 1. The molecule has 1 heterocycles. The van der Waals surface area contributed by atoms with Crippen LogP contribution in [0.5, 0.6) is 5.75 Å². The summed E-state index contributed by atoms with van der Waals surface area (Å²) in [6.07, 6.45) is 3.89. The van der Waals surface area contributed by atoms with Crippen LogP contribution in [0.4, 0.5) is 0 Å². The van der Waals surface area contributed by atoms with Crippen LogP contribution < -0.4 is 10.5 Å². The first-order valence-corrected chi connectivity index (χ1v) is 6.76. The van der Waals surface area contributed by atoms with E-state index in [-0.39, 0.29) is 5.92 Å². The fourth-order valence-corrected chi connectivity index (χ4v) is 2.04. The normalized spacial score (nSPS) is 12.6. The van der Waals surface area contributed by atoms with Gasteiger partial charge in [0.15, 0.2) is 0 Å². The Hall–Kier alpha value is -1.74. The largest absolute Gasteiger partial charge is 0.493 e. The number of nitrogens with one attached hydrogen (secondary N) is 1. The quantitative estimate of drug-likeness (QED) is 0.835. The number of aromatic nitrogens is 1. The van der Waals surface area contributed by atoms with Gasteiger partial charge in [-0.2, -0.15) is 0 Å². The van der Waals surface area contributed by atoms with E-state index in [4.69, 9.17) is 10.5 Å². The van der Waals surface area contributed by atoms with E-state index in [1.807, 2.05) is 30.6 Å². The minimum absolute atomic E-state index is 0.232. The van der Waals surface area contributed by atoms with Crippen LogP contribution in [-0.2, 0) is 0 Å². The van der Waals surface area contributed by atoms with Gasteiger partial charge in [-0.3, -0.25) is 0 Å². The Morgan fingerprint density at radius 2 is 1.84 bits per heavy atom. The summed E-state index contributed by atoms with van der Waals surface area (Å²) in [6.45, 7) is 5.57. The maximum Gasteiger partial charge on any atom is 0.119 e. The number of hydrogen-bond donors (Lipinski definition) is 2. The lowest BCUT2D eigenvalue weighted by atomic mass is 10.0. The summed E-state index contributed by atoms with van der Waals surface area (Å²) >= 11 is 0. The predicted molar refractivity (Wildman–Crippen MR) is 78.6 cm³/mol. The van der Waals surface area contributed by atoms with Gasteiger partial charge in [-0.1, -0.05) is 26.0 Å². The van der Waals surface area contributed by atoms with Crippen LogP contribution in [0.25, 0.3) is 0 Å². The molecule has 3 nitrogen and oxygen atoms in total. The number of ether oxygens (including phenoxy) is 1. The van der Waals surface area contributed by atoms with Crippen molar-refractivity contribution in [3.63, 3.8) is 0 Å². The molecule has 3 heteroatoms. The lowest BCUT2D eigenvalue weighted by molar-refractivity contribution is 0.290. The van der Waals surface area contributed by atoms with E-state index in [2.05, 4.69) is 31.0 Å². The molecule has 0 aliphatic carbocycles. The average Bonchev–Trinajstić information content (AvgIpc) is 2.94. The topological polar surface area (TPSA) is 51.0 Å². The Labute approximate surface area is 114 Å². The molecule has 0 spiro atoms. The highest BCUT2D eigenvalue weighted by atomic mass is 16.5. The van der Waals surface area contributed by atoms with Crippen molar-refractivity contribution in [2.24, 2.45) is 5.73 Å². The van der Waals surface area contributed by atoms with Crippen molar-refractivity contribution in [2.45, 2.75) is 25.7 Å². The predicted octanol–water partition coefficient (Wildman–Crippen LogP) is 3.26. The van der Waals surface area contributed by atoms with Gasteiger partial charge in [-0.25, -0.2) is 0 Å². The highest BCUT2D eigenvalue weighted by Crippen LogP contribution is 2.20. The van der Waals surface area contributed by atoms with E-state index in [0.29, 0.717) is 19.1 Å². The van der Waals surface area contributed by atoms with Crippen molar-refractivity contribution in [1.29, 1.82) is 0 Å². The highest BCUT2D eigenvalue weighted by molar-refractivity contribution is 5.29. The van der Waals surface area contributed by atoms with Gasteiger partial charge >= 0.3 is 0 Å². The molecule has 2 rings (SSSR count). The molecule has 3 N–H and O–H groups in total.